The van der Waals surface area contributed by atoms with E-state index >= 15 is 0 Å². The SMILES string of the molecule is CCCCn1cc[n+](CCCNC)c1. The summed E-state index contributed by atoms with van der Waals surface area (Å²) >= 11 is 0. The van der Waals surface area contributed by atoms with Gasteiger partial charge < -0.3 is 5.32 Å². The summed E-state index contributed by atoms with van der Waals surface area (Å²) < 4.78 is 4.52. The van der Waals surface area contributed by atoms with Crippen LogP contribution in [0.1, 0.15) is 26.2 Å². The molecule has 0 fully saturated rings. The minimum Gasteiger partial charge on any atom is -0.320 e. The van der Waals surface area contributed by atoms with Crippen LogP contribution in [0.15, 0.2) is 18.7 Å². The van der Waals surface area contributed by atoms with E-state index in [9.17, 15) is 0 Å². The molecule has 0 aliphatic carbocycles. The van der Waals surface area contributed by atoms with Crippen LogP contribution in [0, 0.1) is 0 Å². The second kappa shape index (κ2) is 6.60. The molecule has 0 aliphatic rings. The van der Waals surface area contributed by atoms with Crippen LogP contribution in [0.4, 0.5) is 0 Å². The largest absolute Gasteiger partial charge is 0.320 e. The maximum atomic E-state index is 3.16. The molecule has 0 saturated heterocycles. The molecular formula is C11H22N3+. The van der Waals surface area contributed by atoms with E-state index in [1.54, 1.807) is 0 Å². The zero-order valence-electron chi connectivity index (χ0n) is 9.37. The topological polar surface area (TPSA) is 20.8 Å². The van der Waals surface area contributed by atoms with E-state index in [0.29, 0.717) is 0 Å². The Morgan fingerprint density at radius 1 is 1.36 bits per heavy atom. The lowest BCUT2D eigenvalue weighted by Crippen LogP contribution is -2.32. The first-order valence-corrected chi connectivity index (χ1v) is 5.56. The molecule has 1 aromatic heterocycles. The predicted octanol–water partition coefficient (Wildman–Crippen LogP) is 1.19. The lowest BCUT2D eigenvalue weighted by atomic mass is 10.3. The Kier molecular flexibility index (Phi) is 5.30. The van der Waals surface area contributed by atoms with E-state index in [-0.39, 0.29) is 0 Å². The molecule has 0 amide bonds. The first kappa shape index (κ1) is 11.2. The van der Waals surface area contributed by atoms with Gasteiger partial charge in [-0.05, 0) is 26.4 Å². The molecule has 1 rings (SSSR count). The van der Waals surface area contributed by atoms with E-state index in [0.717, 1.165) is 19.6 Å². The lowest BCUT2D eigenvalue weighted by Gasteiger charge is -1.96. The van der Waals surface area contributed by atoms with Crippen molar-refractivity contribution >= 4 is 0 Å². The Bertz CT molecular complexity index is 242. The highest BCUT2D eigenvalue weighted by Crippen LogP contribution is 1.93. The van der Waals surface area contributed by atoms with Crippen LogP contribution in [0.5, 0.6) is 0 Å². The standard InChI is InChI=1S/C11H22N3/c1-3-4-7-13-9-10-14(11-13)8-5-6-12-2/h9-12H,3-8H2,1-2H3/q+1. The first-order valence-electron chi connectivity index (χ1n) is 5.56. The Balaban J connectivity index is 2.27. The van der Waals surface area contributed by atoms with Crippen LogP contribution in [0.2, 0.25) is 0 Å². The van der Waals surface area contributed by atoms with Gasteiger partial charge in [0.15, 0.2) is 0 Å². The Labute approximate surface area is 86.7 Å². The van der Waals surface area contributed by atoms with Crippen LogP contribution in [-0.4, -0.2) is 18.2 Å². The average molecular weight is 196 g/mol. The number of hydrogen-bond acceptors (Lipinski definition) is 1. The molecule has 0 radical (unpaired) electrons. The molecule has 1 heterocycles. The molecule has 0 aromatic carbocycles. The van der Waals surface area contributed by atoms with Crippen molar-refractivity contribution in [3.8, 4) is 0 Å². The minimum atomic E-state index is 1.09. The van der Waals surface area contributed by atoms with Crippen molar-refractivity contribution in [1.82, 2.24) is 9.88 Å². The molecule has 14 heavy (non-hydrogen) atoms. The highest BCUT2D eigenvalue weighted by molar-refractivity contribution is 4.65. The van der Waals surface area contributed by atoms with E-state index in [2.05, 4.69) is 40.1 Å². The second-order valence-corrected chi connectivity index (χ2v) is 3.70. The fraction of sp³-hybridized carbons (Fsp3) is 0.727. The summed E-state index contributed by atoms with van der Waals surface area (Å²) in [6.45, 7) is 5.58. The first-order chi connectivity index (χ1) is 6.86. The summed E-state index contributed by atoms with van der Waals surface area (Å²) in [5.41, 5.74) is 0. The molecule has 0 aliphatic heterocycles. The van der Waals surface area contributed by atoms with Gasteiger partial charge in [-0.1, -0.05) is 13.3 Å². The van der Waals surface area contributed by atoms with E-state index in [1.807, 2.05) is 7.05 Å². The molecular weight excluding hydrogens is 174 g/mol. The van der Waals surface area contributed by atoms with Crippen molar-refractivity contribution in [3.05, 3.63) is 18.7 Å². The molecule has 1 aromatic rings. The van der Waals surface area contributed by atoms with Gasteiger partial charge in [-0.15, -0.1) is 0 Å². The zero-order valence-corrected chi connectivity index (χ0v) is 9.37. The molecule has 1 N–H and O–H groups in total. The third kappa shape index (κ3) is 3.92. The zero-order chi connectivity index (χ0) is 10.2. The van der Waals surface area contributed by atoms with Crippen molar-refractivity contribution < 1.29 is 4.57 Å². The van der Waals surface area contributed by atoms with Crippen molar-refractivity contribution in [2.45, 2.75) is 39.3 Å². The van der Waals surface area contributed by atoms with Crippen molar-refractivity contribution in [1.29, 1.82) is 0 Å². The number of rotatable bonds is 7. The number of aryl methyl sites for hydroxylation is 2. The number of hydrogen-bond donors (Lipinski definition) is 1. The van der Waals surface area contributed by atoms with Crippen LogP contribution in [-0.2, 0) is 13.1 Å². The van der Waals surface area contributed by atoms with E-state index < -0.39 is 0 Å². The fourth-order valence-electron chi connectivity index (χ4n) is 1.48. The summed E-state index contributed by atoms with van der Waals surface area (Å²) in [6, 6.07) is 0. The number of imidazole rings is 1. The third-order valence-corrected chi connectivity index (χ3v) is 2.36. The van der Waals surface area contributed by atoms with Crippen LogP contribution >= 0.6 is 0 Å². The molecule has 3 heteroatoms. The van der Waals surface area contributed by atoms with E-state index in [4.69, 9.17) is 0 Å². The number of unbranched alkanes of at least 4 members (excludes halogenated alkanes) is 1. The molecule has 0 saturated carbocycles. The highest BCUT2D eigenvalue weighted by Gasteiger charge is 2.01. The summed E-state index contributed by atoms with van der Waals surface area (Å²) in [7, 11) is 2.00. The summed E-state index contributed by atoms with van der Waals surface area (Å²) in [5, 5.41) is 3.16. The Hall–Kier alpha value is -0.830. The molecule has 0 unspecified atom stereocenters. The maximum Gasteiger partial charge on any atom is 0.243 e. The van der Waals surface area contributed by atoms with Gasteiger partial charge in [0, 0.05) is 0 Å². The molecule has 0 atom stereocenters. The van der Waals surface area contributed by atoms with Gasteiger partial charge in [-0.25, -0.2) is 9.13 Å². The van der Waals surface area contributed by atoms with Gasteiger partial charge in [0.1, 0.15) is 12.4 Å². The number of nitrogens with one attached hydrogen (secondary N) is 1. The molecule has 80 valence electrons. The van der Waals surface area contributed by atoms with E-state index in [1.165, 1.54) is 19.3 Å². The van der Waals surface area contributed by atoms with Crippen molar-refractivity contribution in [3.63, 3.8) is 0 Å². The van der Waals surface area contributed by atoms with Crippen LogP contribution in [0.25, 0.3) is 0 Å². The van der Waals surface area contributed by atoms with Gasteiger partial charge >= 0.3 is 0 Å². The lowest BCUT2D eigenvalue weighted by molar-refractivity contribution is -0.696. The Morgan fingerprint density at radius 2 is 2.21 bits per heavy atom. The predicted molar refractivity (Wildman–Crippen MR) is 58.1 cm³/mol. The maximum absolute atomic E-state index is 3.16. The van der Waals surface area contributed by atoms with Gasteiger partial charge in [-0.3, -0.25) is 0 Å². The molecule has 3 nitrogen and oxygen atoms in total. The van der Waals surface area contributed by atoms with Crippen molar-refractivity contribution in [2.24, 2.45) is 0 Å². The average Bonchev–Trinajstić information content (AvgIpc) is 2.63. The number of nitrogens with zero attached hydrogens (tertiary/aromatic N) is 2. The van der Waals surface area contributed by atoms with Gasteiger partial charge in [0.05, 0.1) is 13.1 Å². The van der Waals surface area contributed by atoms with Gasteiger partial charge in [-0.2, -0.15) is 0 Å². The highest BCUT2D eigenvalue weighted by atomic mass is 15.1. The smallest absolute Gasteiger partial charge is 0.243 e. The molecule has 0 bridgehead atoms. The van der Waals surface area contributed by atoms with Crippen LogP contribution in [0.3, 0.4) is 0 Å². The van der Waals surface area contributed by atoms with Gasteiger partial charge in [0.25, 0.3) is 0 Å². The van der Waals surface area contributed by atoms with Gasteiger partial charge in [0.2, 0.25) is 6.33 Å². The van der Waals surface area contributed by atoms with Crippen LogP contribution < -0.4 is 9.88 Å². The summed E-state index contributed by atoms with van der Waals surface area (Å²) in [4.78, 5) is 0. The normalized spacial score (nSPS) is 10.7. The quantitative estimate of drug-likeness (QED) is 0.513. The molecule has 0 spiro atoms. The number of aromatic nitrogens is 2. The monoisotopic (exact) mass is 196 g/mol. The fourth-order valence-corrected chi connectivity index (χ4v) is 1.48. The summed E-state index contributed by atoms with van der Waals surface area (Å²) in [5.74, 6) is 0. The minimum absolute atomic E-state index is 1.09. The summed E-state index contributed by atoms with van der Waals surface area (Å²) in [6.07, 6.45) is 10.2. The Morgan fingerprint density at radius 3 is 2.93 bits per heavy atom. The second-order valence-electron chi connectivity index (χ2n) is 3.70. The van der Waals surface area contributed by atoms with Crippen molar-refractivity contribution in [2.75, 3.05) is 13.6 Å². The third-order valence-electron chi connectivity index (χ3n) is 2.36.